The van der Waals surface area contributed by atoms with E-state index in [2.05, 4.69) is 60.0 Å². The number of allylic oxidation sites excluding steroid dienone is 2. The quantitative estimate of drug-likeness (QED) is 0.709. The van der Waals surface area contributed by atoms with Gasteiger partial charge in [0, 0.05) is 11.5 Å². The largest absolute Gasteiger partial charge is 0.377 e. The van der Waals surface area contributed by atoms with Gasteiger partial charge in [0.2, 0.25) is 0 Å². The number of aryl methyl sites for hydroxylation is 1. The monoisotopic (exact) mass is 360 g/mol. The summed E-state index contributed by atoms with van der Waals surface area (Å²) in [5.74, 6) is 0.825. The maximum atomic E-state index is 12.9. The summed E-state index contributed by atoms with van der Waals surface area (Å²) in [6.45, 7) is 8.15. The first-order valence-electron chi connectivity index (χ1n) is 9.79. The van der Waals surface area contributed by atoms with Crippen molar-refractivity contribution >= 4 is 11.6 Å². The van der Waals surface area contributed by atoms with Crippen LogP contribution in [0.5, 0.6) is 0 Å². The van der Waals surface area contributed by atoms with Crippen molar-refractivity contribution < 1.29 is 4.79 Å². The Kier molecular flexibility index (Phi) is 4.33. The van der Waals surface area contributed by atoms with E-state index in [1.165, 1.54) is 16.7 Å². The molecule has 0 bridgehead atoms. The van der Waals surface area contributed by atoms with E-state index >= 15 is 0 Å². The van der Waals surface area contributed by atoms with E-state index in [9.17, 15) is 4.79 Å². The van der Waals surface area contributed by atoms with Crippen LogP contribution >= 0.6 is 0 Å². The number of para-hydroxylation sites is 1. The number of carbonyl (C=O) groups is 1. The zero-order valence-electron chi connectivity index (χ0n) is 16.5. The van der Waals surface area contributed by atoms with E-state index in [4.69, 9.17) is 0 Å². The van der Waals surface area contributed by atoms with Crippen molar-refractivity contribution in [2.45, 2.75) is 51.6 Å². The van der Waals surface area contributed by atoms with E-state index < -0.39 is 0 Å². The molecule has 140 valence electrons. The van der Waals surface area contributed by atoms with Gasteiger partial charge in [-0.05, 0) is 57.2 Å². The van der Waals surface area contributed by atoms with Crippen LogP contribution < -0.4 is 10.6 Å². The highest BCUT2D eigenvalue weighted by Gasteiger charge is 2.39. The normalized spacial score (nSPS) is 23.3. The van der Waals surface area contributed by atoms with Crippen molar-refractivity contribution in [3.63, 3.8) is 0 Å². The van der Waals surface area contributed by atoms with Crippen molar-refractivity contribution in [1.82, 2.24) is 5.32 Å². The van der Waals surface area contributed by atoms with Gasteiger partial charge in [-0.25, -0.2) is 0 Å². The molecule has 0 radical (unpaired) electrons. The smallest absolute Gasteiger partial charge is 0.253 e. The van der Waals surface area contributed by atoms with Crippen LogP contribution in [0.15, 0.2) is 54.6 Å². The number of hydrogen-bond donors (Lipinski definition) is 2. The topological polar surface area (TPSA) is 41.1 Å². The molecule has 3 nitrogen and oxygen atoms in total. The van der Waals surface area contributed by atoms with Gasteiger partial charge >= 0.3 is 0 Å². The van der Waals surface area contributed by atoms with E-state index in [0.29, 0.717) is 11.8 Å². The Morgan fingerprint density at radius 1 is 1.11 bits per heavy atom. The second-order valence-corrected chi connectivity index (χ2v) is 8.86. The molecule has 0 fully saturated rings. The maximum absolute atomic E-state index is 12.9. The van der Waals surface area contributed by atoms with Gasteiger partial charge in [0.1, 0.15) is 0 Å². The number of rotatable bonds is 2. The van der Waals surface area contributed by atoms with Gasteiger partial charge in [-0.3, -0.25) is 4.79 Å². The van der Waals surface area contributed by atoms with Gasteiger partial charge in [0.05, 0.1) is 17.3 Å². The van der Waals surface area contributed by atoms with Crippen LogP contribution in [0, 0.1) is 12.8 Å². The van der Waals surface area contributed by atoms with Crippen molar-refractivity contribution in [3.05, 3.63) is 76.9 Å². The van der Waals surface area contributed by atoms with Crippen LogP contribution in [0.25, 0.3) is 0 Å². The molecule has 27 heavy (non-hydrogen) atoms. The maximum Gasteiger partial charge on any atom is 0.253 e. The van der Waals surface area contributed by atoms with Crippen LogP contribution in [0.3, 0.4) is 0 Å². The molecular weight excluding hydrogens is 332 g/mol. The average Bonchev–Trinajstić information content (AvgIpc) is 3.10. The minimum Gasteiger partial charge on any atom is -0.377 e. The van der Waals surface area contributed by atoms with Crippen LogP contribution in [0.4, 0.5) is 5.69 Å². The average molecular weight is 361 g/mol. The summed E-state index contributed by atoms with van der Waals surface area (Å²) in [6, 6.07) is 15.1. The van der Waals surface area contributed by atoms with E-state index in [1.807, 2.05) is 32.9 Å². The van der Waals surface area contributed by atoms with Gasteiger partial charge in [-0.1, -0.05) is 54.1 Å². The highest BCUT2D eigenvalue weighted by atomic mass is 16.1. The highest BCUT2D eigenvalue weighted by Crippen LogP contribution is 2.50. The molecule has 2 aromatic carbocycles. The molecule has 2 N–H and O–H groups in total. The van der Waals surface area contributed by atoms with Crippen molar-refractivity contribution in [3.8, 4) is 0 Å². The Labute approximate surface area is 161 Å². The molecule has 0 aromatic heterocycles. The number of benzene rings is 2. The second-order valence-electron chi connectivity index (χ2n) is 8.86. The molecule has 3 atom stereocenters. The summed E-state index contributed by atoms with van der Waals surface area (Å²) in [4.78, 5) is 12.9. The van der Waals surface area contributed by atoms with Crippen molar-refractivity contribution in [2.24, 2.45) is 5.92 Å². The molecule has 1 heterocycles. The predicted molar refractivity (Wildman–Crippen MR) is 111 cm³/mol. The zero-order valence-corrected chi connectivity index (χ0v) is 16.5. The molecule has 1 aliphatic carbocycles. The third kappa shape index (κ3) is 3.39. The number of hydrogen-bond acceptors (Lipinski definition) is 2. The Morgan fingerprint density at radius 3 is 2.56 bits per heavy atom. The Morgan fingerprint density at radius 2 is 1.85 bits per heavy atom. The highest BCUT2D eigenvalue weighted by molar-refractivity contribution is 6.01. The standard InChI is InChI=1S/C24H28N2O/c1-15-11-13-16(14-12-15)21-18-8-5-7-17(18)19-9-6-10-20(22(19)25-21)23(27)26-24(2,3)4/h5-7,9-14,17-18,21,25H,8H2,1-4H3,(H,26,27). The fourth-order valence-electron chi connectivity index (χ4n) is 4.32. The third-order valence-corrected chi connectivity index (χ3v) is 5.57. The first-order valence-corrected chi connectivity index (χ1v) is 9.79. The molecule has 1 aliphatic heterocycles. The molecule has 1 amide bonds. The first-order chi connectivity index (χ1) is 12.8. The summed E-state index contributed by atoms with van der Waals surface area (Å²) >= 11 is 0. The number of fused-ring (bicyclic) bond motifs is 3. The summed E-state index contributed by atoms with van der Waals surface area (Å²) < 4.78 is 0. The Balaban J connectivity index is 1.76. The van der Waals surface area contributed by atoms with Crippen molar-refractivity contribution in [2.75, 3.05) is 5.32 Å². The molecule has 3 unspecified atom stereocenters. The van der Waals surface area contributed by atoms with Gasteiger partial charge in [-0.15, -0.1) is 0 Å². The summed E-state index contributed by atoms with van der Waals surface area (Å²) in [6.07, 6.45) is 5.67. The number of anilines is 1. The van der Waals surface area contributed by atoms with Crippen LogP contribution in [0.1, 0.15) is 66.2 Å². The van der Waals surface area contributed by atoms with E-state index in [1.54, 1.807) is 0 Å². The SMILES string of the molecule is Cc1ccc(C2Nc3c(C(=O)NC(C)(C)C)cccc3C3C=CCC32)cc1. The molecule has 0 saturated heterocycles. The Hall–Kier alpha value is -2.55. The number of amides is 1. The van der Waals surface area contributed by atoms with Crippen LogP contribution in [0.2, 0.25) is 0 Å². The molecule has 2 aromatic rings. The van der Waals surface area contributed by atoms with Gasteiger partial charge in [0.25, 0.3) is 5.91 Å². The van der Waals surface area contributed by atoms with E-state index in [-0.39, 0.29) is 17.5 Å². The van der Waals surface area contributed by atoms with Crippen LogP contribution in [-0.2, 0) is 0 Å². The lowest BCUT2D eigenvalue weighted by Gasteiger charge is -2.38. The van der Waals surface area contributed by atoms with Gasteiger partial charge in [-0.2, -0.15) is 0 Å². The molecule has 4 rings (SSSR count). The number of nitrogens with one attached hydrogen (secondary N) is 2. The molecule has 3 heteroatoms. The summed E-state index contributed by atoms with van der Waals surface area (Å²) in [5, 5.41) is 6.85. The lowest BCUT2D eigenvalue weighted by atomic mass is 9.76. The van der Waals surface area contributed by atoms with Crippen LogP contribution in [-0.4, -0.2) is 11.4 Å². The fraction of sp³-hybridized carbons (Fsp3) is 0.375. The lowest BCUT2D eigenvalue weighted by Crippen LogP contribution is -2.41. The molecular formula is C24H28N2O. The lowest BCUT2D eigenvalue weighted by molar-refractivity contribution is 0.0920. The Bertz CT molecular complexity index is 890. The van der Waals surface area contributed by atoms with Gasteiger partial charge < -0.3 is 10.6 Å². The second kappa shape index (κ2) is 6.56. The minimum atomic E-state index is -0.263. The minimum absolute atomic E-state index is 0.0186. The molecule has 0 saturated carbocycles. The molecule has 0 spiro atoms. The van der Waals surface area contributed by atoms with Crippen molar-refractivity contribution in [1.29, 1.82) is 0 Å². The molecule has 2 aliphatic rings. The van der Waals surface area contributed by atoms with Gasteiger partial charge in [0.15, 0.2) is 0 Å². The van der Waals surface area contributed by atoms with E-state index in [0.717, 1.165) is 17.7 Å². The predicted octanol–water partition coefficient (Wildman–Crippen LogP) is 5.35. The third-order valence-electron chi connectivity index (χ3n) is 5.57. The zero-order chi connectivity index (χ0) is 19.2. The number of carbonyl (C=O) groups excluding carboxylic acids is 1. The first kappa shape index (κ1) is 17.8. The fourth-order valence-corrected chi connectivity index (χ4v) is 4.32. The summed E-state index contributed by atoms with van der Waals surface area (Å²) in [7, 11) is 0. The summed E-state index contributed by atoms with van der Waals surface area (Å²) in [5.41, 5.74) is 5.24.